The highest BCUT2D eigenvalue weighted by Gasteiger charge is 2.32. The SMILES string of the molecule is Cc1cccc(C)c1-c1cc(Oc2ccc3c4ccccc4n(-c4cc(C(C)(C)C)ccn4)c3c2)cc(N2CN(c3cccc(-c4ccccc4)c3)C=C2C(C)(C)C)c1. The maximum absolute atomic E-state index is 7.00. The first-order valence-corrected chi connectivity index (χ1v) is 20.6. The van der Waals surface area contributed by atoms with Crippen LogP contribution in [0.25, 0.3) is 49.9 Å². The van der Waals surface area contributed by atoms with Crippen LogP contribution >= 0.6 is 0 Å². The number of allylic oxidation sites excluding steroid dienone is 1. The fourth-order valence-electron chi connectivity index (χ4n) is 8.57. The molecule has 9 rings (SSSR count). The van der Waals surface area contributed by atoms with Gasteiger partial charge < -0.3 is 14.5 Å². The van der Waals surface area contributed by atoms with Crippen molar-refractivity contribution in [2.75, 3.05) is 16.5 Å². The molecule has 8 aromatic rings. The number of hydrogen-bond acceptors (Lipinski definition) is 4. The zero-order valence-corrected chi connectivity index (χ0v) is 35.4. The van der Waals surface area contributed by atoms with Crippen LogP contribution in [0.5, 0.6) is 11.5 Å². The third kappa shape index (κ3) is 7.27. The Morgan fingerprint density at radius 1 is 0.542 bits per heavy atom. The Labute approximate surface area is 348 Å². The largest absolute Gasteiger partial charge is 0.457 e. The third-order valence-corrected chi connectivity index (χ3v) is 11.6. The van der Waals surface area contributed by atoms with E-state index in [1.807, 2.05) is 6.20 Å². The van der Waals surface area contributed by atoms with E-state index in [0.717, 1.165) is 50.7 Å². The first kappa shape index (κ1) is 38.0. The Hall–Kier alpha value is -6.59. The molecule has 59 heavy (non-hydrogen) atoms. The summed E-state index contributed by atoms with van der Waals surface area (Å²) in [5.74, 6) is 2.45. The van der Waals surface area contributed by atoms with E-state index in [0.29, 0.717) is 6.67 Å². The van der Waals surface area contributed by atoms with Crippen LogP contribution in [0, 0.1) is 19.3 Å². The molecule has 0 spiro atoms. The topological polar surface area (TPSA) is 33.5 Å². The predicted octanol–water partition coefficient (Wildman–Crippen LogP) is 14.4. The lowest BCUT2D eigenvalue weighted by molar-refractivity contribution is 0.481. The monoisotopic (exact) mass is 772 g/mol. The highest BCUT2D eigenvalue weighted by Crippen LogP contribution is 2.43. The van der Waals surface area contributed by atoms with Gasteiger partial charge >= 0.3 is 0 Å². The minimum atomic E-state index is -0.127. The number of hydrogen-bond donors (Lipinski definition) is 0. The summed E-state index contributed by atoms with van der Waals surface area (Å²) in [6.07, 6.45) is 4.25. The molecule has 0 saturated heterocycles. The zero-order valence-electron chi connectivity index (χ0n) is 35.4. The van der Waals surface area contributed by atoms with E-state index in [-0.39, 0.29) is 10.8 Å². The molecule has 1 aliphatic heterocycles. The number of rotatable bonds is 7. The van der Waals surface area contributed by atoms with Crippen molar-refractivity contribution in [1.29, 1.82) is 0 Å². The fraction of sp³-hybridized carbons (Fsp3) is 0.204. The van der Waals surface area contributed by atoms with Crippen molar-refractivity contribution in [2.45, 2.75) is 60.8 Å². The van der Waals surface area contributed by atoms with E-state index in [9.17, 15) is 0 Å². The number of benzene rings is 6. The zero-order chi connectivity index (χ0) is 41.1. The quantitative estimate of drug-likeness (QED) is 0.162. The lowest BCUT2D eigenvalue weighted by Crippen LogP contribution is -2.30. The number of ether oxygens (including phenoxy) is 1. The fourth-order valence-corrected chi connectivity index (χ4v) is 8.57. The van der Waals surface area contributed by atoms with Crippen molar-refractivity contribution in [3.8, 4) is 39.6 Å². The van der Waals surface area contributed by atoms with E-state index in [2.05, 4.69) is 222 Å². The van der Waals surface area contributed by atoms with Crippen molar-refractivity contribution in [3.63, 3.8) is 0 Å². The van der Waals surface area contributed by atoms with E-state index in [1.165, 1.54) is 44.5 Å². The number of aromatic nitrogens is 2. The van der Waals surface area contributed by atoms with Gasteiger partial charge in [0.15, 0.2) is 0 Å². The summed E-state index contributed by atoms with van der Waals surface area (Å²) < 4.78 is 9.27. The molecule has 0 atom stereocenters. The Morgan fingerprint density at radius 3 is 2.00 bits per heavy atom. The van der Waals surface area contributed by atoms with Crippen LogP contribution < -0.4 is 14.5 Å². The van der Waals surface area contributed by atoms with Gasteiger partial charge in [0.1, 0.15) is 17.3 Å². The maximum Gasteiger partial charge on any atom is 0.137 e. The molecule has 2 aromatic heterocycles. The van der Waals surface area contributed by atoms with Gasteiger partial charge in [-0.05, 0) is 113 Å². The summed E-state index contributed by atoms with van der Waals surface area (Å²) in [7, 11) is 0. The standard InChI is InChI=1S/C54H52N4O/c1-36-16-14-17-37(2)52(36)40-29-43(57-35-56(34-50(57)54(6,7)8)42-21-15-20-39(28-42)38-18-10-9-11-19-38)32-45(30-40)59-44-24-25-47-46-22-12-13-23-48(46)58(49(47)33-44)51-31-41(26-27-55-51)53(3,4)5/h9-34H,35H2,1-8H3. The van der Waals surface area contributed by atoms with Crippen LogP contribution in [0.1, 0.15) is 58.2 Å². The van der Waals surface area contributed by atoms with Crippen molar-refractivity contribution >= 4 is 33.2 Å². The second-order valence-corrected chi connectivity index (χ2v) is 18.0. The predicted molar refractivity (Wildman–Crippen MR) is 248 cm³/mol. The number of aryl methyl sites for hydroxylation is 2. The molecule has 0 aliphatic carbocycles. The van der Waals surface area contributed by atoms with Gasteiger partial charge in [0.2, 0.25) is 0 Å². The molecule has 3 heterocycles. The van der Waals surface area contributed by atoms with Gasteiger partial charge in [0, 0.05) is 57.8 Å². The summed E-state index contributed by atoms with van der Waals surface area (Å²) in [5, 5.41) is 2.35. The molecule has 0 bridgehead atoms. The third-order valence-electron chi connectivity index (χ3n) is 11.6. The second-order valence-electron chi connectivity index (χ2n) is 18.0. The highest BCUT2D eigenvalue weighted by atomic mass is 16.5. The van der Waals surface area contributed by atoms with Crippen LogP contribution in [-0.4, -0.2) is 16.2 Å². The second kappa shape index (κ2) is 14.7. The Morgan fingerprint density at radius 2 is 1.24 bits per heavy atom. The highest BCUT2D eigenvalue weighted by molar-refractivity contribution is 6.09. The first-order chi connectivity index (χ1) is 28.3. The summed E-state index contributed by atoms with van der Waals surface area (Å²) >= 11 is 0. The van der Waals surface area contributed by atoms with E-state index >= 15 is 0 Å². The molecule has 0 radical (unpaired) electrons. The number of fused-ring (bicyclic) bond motifs is 3. The molecular weight excluding hydrogens is 721 g/mol. The average molecular weight is 773 g/mol. The van der Waals surface area contributed by atoms with Crippen LogP contribution in [0.3, 0.4) is 0 Å². The van der Waals surface area contributed by atoms with E-state index in [1.54, 1.807) is 0 Å². The molecule has 0 amide bonds. The molecule has 6 aromatic carbocycles. The minimum Gasteiger partial charge on any atom is -0.457 e. The average Bonchev–Trinajstić information content (AvgIpc) is 3.82. The Bertz CT molecular complexity index is 2870. The Balaban J connectivity index is 1.15. The van der Waals surface area contributed by atoms with Crippen molar-refractivity contribution in [3.05, 3.63) is 180 Å². The van der Waals surface area contributed by atoms with E-state index < -0.39 is 0 Å². The smallest absolute Gasteiger partial charge is 0.137 e. The molecule has 0 saturated carbocycles. The van der Waals surface area contributed by atoms with Crippen molar-refractivity contribution in [2.24, 2.45) is 5.41 Å². The van der Waals surface area contributed by atoms with E-state index in [4.69, 9.17) is 9.72 Å². The number of nitrogens with zero attached hydrogens (tertiary/aromatic N) is 4. The molecule has 5 nitrogen and oxygen atoms in total. The summed E-state index contributed by atoms with van der Waals surface area (Å²) in [4.78, 5) is 9.73. The maximum atomic E-state index is 7.00. The molecule has 0 fully saturated rings. The van der Waals surface area contributed by atoms with Gasteiger partial charge in [-0.15, -0.1) is 0 Å². The lowest BCUT2D eigenvalue weighted by atomic mass is 9.88. The lowest BCUT2D eigenvalue weighted by Gasteiger charge is -2.31. The molecule has 5 heteroatoms. The van der Waals surface area contributed by atoms with Gasteiger partial charge in [0.25, 0.3) is 0 Å². The van der Waals surface area contributed by atoms with Gasteiger partial charge in [0.05, 0.1) is 17.7 Å². The summed E-state index contributed by atoms with van der Waals surface area (Å²) in [6, 6.07) is 52.1. The molecule has 1 aliphatic rings. The number of pyridine rings is 1. The normalized spacial score (nSPS) is 13.4. The molecule has 0 N–H and O–H groups in total. The van der Waals surface area contributed by atoms with Gasteiger partial charge in [-0.1, -0.05) is 120 Å². The van der Waals surface area contributed by atoms with Gasteiger partial charge in [-0.2, -0.15) is 0 Å². The van der Waals surface area contributed by atoms with Crippen LogP contribution in [-0.2, 0) is 5.41 Å². The Kier molecular flexibility index (Phi) is 9.43. The number of para-hydroxylation sites is 1. The van der Waals surface area contributed by atoms with Crippen molar-refractivity contribution < 1.29 is 4.74 Å². The molecule has 0 unspecified atom stereocenters. The summed E-state index contributed by atoms with van der Waals surface area (Å²) in [5.41, 5.74) is 14.0. The number of anilines is 2. The van der Waals surface area contributed by atoms with Crippen LogP contribution in [0.15, 0.2) is 164 Å². The minimum absolute atomic E-state index is 0.0104. The summed E-state index contributed by atoms with van der Waals surface area (Å²) in [6.45, 7) is 18.7. The molecule has 294 valence electrons. The van der Waals surface area contributed by atoms with Gasteiger partial charge in [-0.3, -0.25) is 4.57 Å². The molecular formula is C54H52N4O. The van der Waals surface area contributed by atoms with Crippen LogP contribution in [0.2, 0.25) is 0 Å². The van der Waals surface area contributed by atoms with Crippen molar-refractivity contribution in [1.82, 2.24) is 9.55 Å². The van der Waals surface area contributed by atoms with Crippen LogP contribution in [0.4, 0.5) is 11.4 Å². The van der Waals surface area contributed by atoms with Gasteiger partial charge in [-0.25, -0.2) is 4.98 Å². The first-order valence-electron chi connectivity index (χ1n) is 20.6.